The Balaban J connectivity index is 2.06. The summed E-state index contributed by atoms with van der Waals surface area (Å²) >= 11 is 0. The monoisotopic (exact) mass is 292 g/mol. The van der Waals surface area contributed by atoms with E-state index in [2.05, 4.69) is 10.3 Å². The maximum Gasteiger partial charge on any atom is 0.273 e. The Hall–Kier alpha value is -2.90. The van der Waals surface area contributed by atoms with Gasteiger partial charge >= 0.3 is 0 Å². The SMILES string of the molecule is O=C([O-])NCCNC(=O)c1ncoc1-c1cccc(F)c1. The molecule has 2 N–H and O–H groups in total. The molecule has 0 aliphatic carbocycles. The van der Waals surface area contributed by atoms with Crippen LogP contribution in [-0.4, -0.2) is 30.1 Å². The zero-order valence-corrected chi connectivity index (χ0v) is 10.8. The molecule has 2 amide bonds. The first-order chi connectivity index (χ1) is 10.1. The van der Waals surface area contributed by atoms with Gasteiger partial charge in [-0.25, -0.2) is 9.37 Å². The van der Waals surface area contributed by atoms with Crippen molar-refractivity contribution in [1.82, 2.24) is 15.6 Å². The third kappa shape index (κ3) is 3.78. The van der Waals surface area contributed by atoms with Crippen molar-refractivity contribution in [2.75, 3.05) is 13.1 Å². The first kappa shape index (κ1) is 14.5. The smallest absolute Gasteiger partial charge is 0.273 e. The van der Waals surface area contributed by atoms with E-state index in [0.717, 1.165) is 6.39 Å². The highest BCUT2D eigenvalue weighted by atomic mass is 19.1. The minimum atomic E-state index is -1.42. The quantitative estimate of drug-likeness (QED) is 0.762. The molecule has 2 rings (SSSR count). The summed E-state index contributed by atoms with van der Waals surface area (Å²) in [4.78, 5) is 25.8. The molecule has 1 heterocycles. The van der Waals surface area contributed by atoms with Crippen LogP contribution in [0.15, 0.2) is 35.1 Å². The molecule has 0 spiro atoms. The number of amides is 2. The van der Waals surface area contributed by atoms with Crippen LogP contribution in [0.25, 0.3) is 11.3 Å². The summed E-state index contributed by atoms with van der Waals surface area (Å²) in [5.41, 5.74) is 0.375. The number of hydrogen-bond donors (Lipinski definition) is 2. The van der Waals surface area contributed by atoms with E-state index >= 15 is 0 Å². The Morgan fingerprint density at radius 1 is 1.29 bits per heavy atom. The van der Waals surface area contributed by atoms with E-state index in [9.17, 15) is 19.1 Å². The highest BCUT2D eigenvalue weighted by molar-refractivity contribution is 5.97. The summed E-state index contributed by atoms with van der Waals surface area (Å²) in [6, 6.07) is 5.55. The molecule has 110 valence electrons. The molecule has 0 atom stereocenters. The molecular weight excluding hydrogens is 281 g/mol. The first-order valence-corrected chi connectivity index (χ1v) is 6.00. The zero-order valence-electron chi connectivity index (χ0n) is 10.8. The number of nitrogens with zero attached hydrogens (tertiary/aromatic N) is 1. The number of hydrogen-bond acceptors (Lipinski definition) is 5. The van der Waals surface area contributed by atoms with Crippen molar-refractivity contribution < 1.29 is 23.5 Å². The maximum absolute atomic E-state index is 13.2. The summed E-state index contributed by atoms with van der Waals surface area (Å²) in [7, 11) is 0. The molecule has 0 bridgehead atoms. The number of halogens is 1. The fourth-order valence-electron chi connectivity index (χ4n) is 1.67. The van der Waals surface area contributed by atoms with Gasteiger partial charge in [0.15, 0.2) is 17.8 Å². The normalized spacial score (nSPS) is 10.1. The predicted octanol–water partition coefficient (Wildman–Crippen LogP) is 0.143. The number of carbonyl (C=O) groups excluding carboxylic acids is 2. The van der Waals surface area contributed by atoms with E-state index in [1.807, 2.05) is 5.32 Å². The van der Waals surface area contributed by atoms with Gasteiger partial charge in [-0.2, -0.15) is 0 Å². The highest BCUT2D eigenvalue weighted by Gasteiger charge is 2.18. The van der Waals surface area contributed by atoms with Crippen molar-refractivity contribution in [1.29, 1.82) is 0 Å². The molecule has 8 heteroatoms. The Morgan fingerprint density at radius 2 is 2.05 bits per heavy atom. The van der Waals surface area contributed by atoms with Gasteiger partial charge in [0.2, 0.25) is 0 Å². The second-order valence-corrected chi connectivity index (χ2v) is 4.01. The summed E-state index contributed by atoms with van der Waals surface area (Å²) in [6.45, 7) is 0.0590. The van der Waals surface area contributed by atoms with Crippen LogP contribution < -0.4 is 15.7 Å². The fourth-order valence-corrected chi connectivity index (χ4v) is 1.67. The number of carbonyl (C=O) groups is 2. The summed E-state index contributed by atoms with van der Waals surface area (Å²) in [6.07, 6.45) is -0.347. The molecule has 0 saturated carbocycles. The third-order valence-electron chi connectivity index (χ3n) is 2.55. The van der Waals surface area contributed by atoms with E-state index in [-0.39, 0.29) is 24.5 Å². The van der Waals surface area contributed by atoms with Crippen molar-refractivity contribution in [2.24, 2.45) is 0 Å². The molecule has 0 aliphatic rings. The Bertz CT molecular complexity index is 656. The van der Waals surface area contributed by atoms with Gasteiger partial charge in [0, 0.05) is 18.7 Å². The Labute approximate surface area is 118 Å². The molecule has 2 aromatic rings. The molecule has 0 unspecified atom stereocenters. The van der Waals surface area contributed by atoms with E-state index in [4.69, 9.17) is 4.42 Å². The van der Waals surface area contributed by atoms with Crippen LogP contribution in [0.4, 0.5) is 9.18 Å². The fraction of sp³-hybridized carbons (Fsp3) is 0.154. The van der Waals surface area contributed by atoms with Crippen LogP contribution in [0.1, 0.15) is 10.5 Å². The predicted molar refractivity (Wildman–Crippen MR) is 67.6 cm³/mol. The van der Waals surface area contributed by atoms with Gasteiger partial charge in [0.05, 0.1) is 0 Å². The van der Waals surface area contributed by atoms with Crippen LogP contribution in [0.2, 0.25) is 0 Å². The number of oxazole rings is 1. The van der Waals surface area contributed by atoms with Crippen molar-refractivity contribution >= 4 is 12.0 Å². The highest BCUT2D eigenvalue weighted by Crippen LogP contribution is 2.23. The third-order valence-corrected chi connectivity index (χ3v) is 2.55. The van der Waals surface area contributed by atoms with Crippen LogP contribution in [0, 0.1) is 5.82 Å². The number of carboxylic acid groups (broad SMARTS) is 1. The second-order valence-electron chi connectivity index (χ2n) is 4.01. The molecule has 7 nitrogen and oxygen atoms in total. The molecule has 1 aromatic heterocycles. The molecular formula is C13H11FN3O4-. The van der Waals surface area contributed by atoms with Gasteiger partial charge in [0.1, 0.15) is 11.9 Å². The number of nitrogens with one attached hydrogen (secondary N) is 2. The van der Waals surface area contributed by atoms with Crippen molar-refractivity contribution in [2.45, 2.75) is 0 Å². The number of aromatic nitrogens is 1. The summed E-state index contributed by atoms with van der Waals surface area (Å²) in [5.74, 6) is -0.878. The summed E-state index contributed by atoms with van der Waals surface area (Å²) < 4.78 is 18.3. The van der Waals surface area contributed by atoms with Crippen LogP contribution in [0.5, 0.6) is 0 Å². The lowest BCUT2D eigenvalue weighted by Crippen LogP contribution is -2.41. The van der Waals surface area contributed by atoms with E-state index in [1.165, 1.54) is 18.2 Å². The largest absolute Gasteiger partial charge is 0.530 e. The van der Waals surface area contributed by atoms with Crippen molar-refractivity contribution in [3.05, 3.63) is 42.2 Å². The number of benzene rings is 1. The van der Waals surface area contributed by atoms with Gasteiger partial charge in [-0.05, 0) is 12.1 Å². The van der Waals surface area contributed by atoms with Gasteiger partial charge < -0.3 is 25.0 Å². The maximum atomic E-state index is 13.2. The van der Waals surface area contributed by atoms with Crippen LogP contribution in [-0.2, 0) is 0 Å². The van der Waals surface area contributed by atoms with E-state index in [0.29, 0.717) is 5.56 Å². The summed E-state index contributed by atoms with van der Waals surface area (Å²) in [5, 5.41) is 14.6. The average Bonchev–Trinajstić information content (AvgIpc) is 2.92. The van der Waals surface area contributed by atoms with Crippen molar-refractivity contribution in [3.8, 4) is 11.3 Å². The van der Waals surface area contributed by atoms with Gasteiger partial charge in [-0.15, -0.1) is 0 Å². The van der Waals surface area contributed by atoms with Crippen molar-refractivity contribution in [3.63, 3.8) is 0 Å². The lowest BCUT2D eigenvalue weighted by Gasteiger charge is -2.07. The van der Waals surface area contributed by atoms with Gasteiger partial charge in [-0.3, -0.25) is 4.79 Å². The van der Waals surface area contributed by atoms with Gasteiger partial charge in [-0.1, -0.05) is 12.1 Å². The molecule has 0 radical (unpaired) electrons. The second kappa shape index (κ2) is 6.51. The van der Waals surface area contributed by atoms with Crippen LogP contribution >= 0.6 is 0 Å². The van der Waals surface area contributed by atoms with Crippen LogP contribution in [0.3, 0.4) is 0 Å². The number of rotatable bonds is 5. The molecule has 1 aromatic carbocycles. The lowest BCUT2D eigenvalue weighted by molar-refractivity contribution is -0.250. The molecule has 0 fully saturated rings. The van der Waals surface area contributed by atoms with E-state index in [1.54, 1.807) is 6.07 Å². The molecule has 0 saturated heterocycles. The lowest BCUT2D eigenvalue weighted by atomic mass is 10.1. The average molecular weight is 292 g/mol. The molecule has 0 aliphatic heterocycles. The van der Waals surface area contributed by atoms with E-state index < -0.39 is 17.8 Å². The molecule has 21 heavy (non-hydrogen) atoms. The van der Waals surface area contributed by atoms with Gasteiger partial charge in [0.25, 0.3) is 5.91 Å². The topological polar surface area (TPSA) is 107 Å². The minimum absolute atomic E-state index is 0.00121. The first-order valence-electron chi connectivity index (χ1n) is 6.00. The standard InChI is InChI=1S/C13H12FN3O4/c14-9-3-1-2-8(6-9)11-10(17-7-21-11)12(18)15-4-5-16-13(19)20/h1-3,6-7,16H,4-5H2,(H,15,18)(H,19,20)/p-1. The Kier molecular flexibility index (Phi) is 4.50. The Morgan fingerprint density at radius 3 is 2.76 bits per heavy atom. The minimum Gasteiger partial charge on any atom is -0.530 e. The zero-order chi connectivity index (χ0) is 15.2.